The van der Waals surface area contributed by atoms with E-state index in [4.69, 9.17) is 10.5 Å². The van der Waals surface area contributed by atoms with Gasteiger partial charge in [0.05, 0.1) is 0 Å². The van der Waals surface area contributed by atoms with Crippen molar-refractivity contribution >= 4 is 11.6 Å². The van der Waals surface area contributed by atoms with Gasteiger partial charge in [0, 0.05) is 19.2 Å². The first-order valence-corrected chi connectivity index (χ1v) is 5.17. The fourth-order valence-electron chi connectivity index (χ4n) is 1.18. The molecule has 1 rings (SSSR count). The topological polar surface area (TPSA) is 64.3 Å². The molecule has 0 saturated heterocycles. The number of carbonyl (C=O) groups is 1. The molecule has 92 valence electrons. The van der Waals surface area contributed by atoms with Gasteiger partial charge in [0.1, 0.15) is 18.2 Å². The molecule has 0 aromatic heterocycles. The molecule has 17 heavy (non-hydrogen) atoms. The van der Waals surface area contributed by atoms with Crippen molar-refractivity contribution in [2.75, 3.05) is 18.5 Å². The van der Waals surface area contributed by atoms with Crippen LogP contribution in [0.25, 0.3) is 0 Å². The van der Waals surface area contributed by atoms with Crippen LogP contribution >= 0.6 is 0 Å². The molecular formula is C12H15FN2O2. The fourth-order valence-corrected chi connectivity index (χ4v) is 1.18. The lowest BCUT2D eigenvalue weighted by Crippen LogP contribution is -2.05. The van der Waals surface area contributed by atoms with E-state index in [0.29, 0.717) is 11.4 Å². The Bertz CT molecular complexity index is 401. The zero-order valence-corrected chi connectivity index (χ0v) is 9.57. The standard InChI is InChI=1S/C12H15FN2O2/c1-9(16)15-11-2-4-12(5-3-11)17-8-10(13)6-7-14/h2-6H,7-8,14H2,1H3,(H,15,16)/b10-6+. The van der Waals surface area contributed by atoms with Gasteiger partial charge in [-0.2, -0.15) is 0 Å². The first-order chi connectivity index (χ1) is 8.11. The number of amides is 1. The van der Waals surface area contributed by atoms with E-state index in [0.717, 1.165) is 0 Å². The van der Waals surface area contributed by atoms with Crippen molar-refractivity contribution in [2.45, 2.75) is 6.92 Å². The number of benzene rings is 1. The van der Waals surface area contributed by atoms with Gasteiger partial charge in [0.2, 0.25) is 5.91 Å². The summed E-state index contributed by atoms with van der Waals surface area (Å²) in [5.41, 5.74) is 5.82. The Balaban J connectivity index is 2.51. The quantitative estimate of drug-likeness (QED) is 0.822. The van der Waals surface area contributed by atoms with Crippen LogP contribution in [0.1, 0.15) is 6.92 Å². The van der Waals surface area contributed by atoms with E-state index in [1.807, 2.05) is 0 Å². The van der Waals surface area contributed by atoms with Crippen molar-refractivity contribution in [3.63, 3.8) is 0 Å². The fraction of sp³-hybridized carbons (Fsp3) is 0.250. The smallest absolute Gasteiger partial charge is 0.221 e. The summed E-state index contributed by atoms with van der Waals surface area (Å²) in [4.78, 5) is 10.8. The monoisotopic (exact) mass is 238 g/mol. The molecule has 0 saturated carbocycles. The molecule has 0 aliphatic carbocycles. The molecule has 0 fully saturated rings. The second kappa shape index (κ2) is 6.65. The SMILES string of the molecule is CC(=O)Nc1ccc(OC/C(F)=C\CN)cc1. The largest absolute Gasteiger partial charge is 0.487 e. The molecule has 0 aliphatic rings. The Kier molecular flexibility index (Phi) is 5.16. The molecular weight excluding hydrogens is 223 g/mol. The third-order valence-corrected chi connectivity index (χ3v) is 1.89. The summed E-state index contributed by atoms with van der Waals surface area (Å²) < 4.78 is 18.1. The molecule has 0 bridgehead atoms. The maximum Gasteiger partial charge on any atom is 0.221 e. The van der Waals surface area contributed by atoms with Gasteiger partial charge >= 0.3 is 0 Å². The van der Waals surface area contributed by atoms with Crippen molar-refractivity contribution in [1.82, 2.24) is 0 Å². The lowest BCUT2D eigenvalue weighted by Gasteiger charge is -2.06. The van der Waals surface area contributed by atoms with Crippen molar-refractivity contribution < 1.29 is 13.9 Å². The molecule has 1 aromatic rings. The van der Waals surface area contributed by atoms with Crippen LogP contribution in [0.4, 0.5) is 10.1 Å². The normalized spacial score (nSPS) is 11.1. The van der Waals surface area contributed by atoms with E-state index in [2.05, 4.69) is 5.32 Å². The van der Waals surface area contributed by atoms with Gasteiger partial charge in [-0.1, -0.05) is 0 Å². The molecule has 1 aromatic carbocycles. The summed E-state index contributed by atoms with van der Waals surface area (Å²) in [5, 5.41) is 2.62. The van der Waals surface area contributed by atoms with Crippen LogP contribution in [0.2, 0.25) is 0 Å². The van der Waals surface area contributed by atoms with Crippen LogP contribution in [0.3, 0.4) is 0 Å². The highest BCUT2D eigenvalue weighted by Gasteiger charge is 1.99. The van der Waals surface area contributed by atoms with Crippen LogP contribution in [0, 0.1) is 0 Å². The molecule has 0 heterocycles. The third kappa shape index (κ3) is 5.12. The predicted molar refractivity (Wildman–Crippen MR) is 64.5 cm³/mol. The molecule has 3 N–H and O–H groups in total. The van der Waals surface area contributed by atoms with Crippen molar-refractivity contribution in [3.05, 3.63) is 36.2 Å². The number of rotatable bonds is 5. The molecule has 4 nitrogen and oxygen atoms in total. The number of halogens is 1. The number of anilines is 1. The summed E-state index contributed by atoms with van der Waals surface area (Å²) in [7, 11) is 0. The summed E-state index contributed by atoms with van der Waals surface area (Å²) in [5.74, 6) is -0.0197. The Labute approximate surface area is 99.3 Å². The van der Waals surface area contributed by atoms with Gasteiger partial charge in [0.25, 0.3) is 0 Å². The number of hydrogen-bond donors (Lipinski definition) is 2. The van der Waals surface area contributed by atoms with Crippen molar-refractivity contribution in [1.29, 1.82) is 0 Å². The second-order valence-electron chi connectivity index (χ2n) is 3.38. The van der Waals surface area contributed by atoms with Crippen LogP contribution < -0.4 is 15.8 Å². The number of nitrogens with two attached hydrogens (primary N) is 1. The predicted octanol–water partition coefficient (Wildman–Crippen LogP) is 1.84. The van der Waals surface area contributed by atoms with Crippen LogP contribution in [0.15, 0.2) is 36.2 Å². The van der Waals surface area contributed by atoms with Gasteiger partial charge in [-0.3, -0.25) is 4.79 Å². The third-order valence-electron chi connectivity index (χ3n) is 1.89. The van der Waals surface area contributed by atoms with E-state index >= 15 is 0 Å². The van der Waals surface area contributed by atoms with Crippen LogP contribution in [-0.2, 0) is 4.79 Å². The molecule has 0 unspecified atom stereocenters. The Morgan fingerprint density at radius 3 is 2.65 bits per heavy atom. The van der Waals surface area contributed by atoms with E-state index < -0.39 is 5.83 Å². The number of hydrogen-bond acceptors (Lipinski definition) is 3. The average Bonchev–Trinajstić information content (AvgIpc) is 2.28. The summed E-state index contributed by atoms with van der Waals surface area (Å²) in [6.45, 7) is 1.44. The van der Waals surface area contributed by atoms with Crippen molar-refractivity contribution in [3.8, 4) is 5.75 Å². The van der Waals surface area contributed by atoms with Crippen LogP contribution in [0.5, 0.6) is 5.75 Å². The minimum atomic E-state index is -0.404. The van der Waals surface area contributed by atoms with Gasteiger partial charge in [-0.25, -0.2) is 4.39 Å². The summed E-state index contributed by atoms with van der Waals surface area (Å²) in [6.07, 6.45) is 1.26. The molecule has 0 spiro atoms. The first-order valence-electron chi connectivity index (χ1n) is 5.17. The minimum absolute atomic E-state index is 0.142. The Morgan fingerprint density at radius 2 is 2.12 bits per heavy atom. The van der Waals surface area contributed by atoms with E-state index in [1.165, 1.54) is 13.0 Å². The van der Waals surface area contributed by atoms with Crippen LogP contribution in [-0.4, -0.2) is 19.1 Å². The number of ether oxygens (including phenoxy) is 1. The molecule has 5 heteroatoms. The lowest BCUT2D eigenvalue weighted by atomic mass is 10.3. The average molecular weight is 238 g/mol. The van der Waals surface area contributed by atoms with Gasteiger partial charge in [-0.15, -0.1) is 0 Å². The van der Waals surface area contributed by atoms with Crippen molar-refractivity contribution in [2.24, 2.45) is 5.73 Å². The Hall–Kier alpha value is -1.88. The molecule has 1 amide bonds. The molecule has 0 radical (unpaired) electrons. The van der Waals surface area contributed by atoms with Gasteiger partial charge < -0.3 is 15.8 Å². The minimum Gasteiger partial charge on any atom is -0.487 e. The van der Waals surface area contributed by atoms with E-state index in [9.17, 15) is 9.18 Å². The van der Waals surface area contributed by atoms with E-state index in [-0.39, 0.29) is 19.1 Å². The molecule has 0 aliphatic heterocycles. The maximum absolute atomic E-state index is 12.9. The highest BCUT2D eigenvalue weighted by atomic mass is 19.1. The number of carbonyl (C=O) groups excluding carboxylic acids is 1. The van der Waals surface area contributed by atoms with E-state index in [1.54, 1.807) is 24.3 Å². The summed E-state index contributed by atoms with van der Waals surface area (Å²) >= 11 is 0. The highest BCUT2D eigenvalue weighted by Crippen LogP contribution is 2.16. The number of nitrogens with one attached hydrogen (secondary N) is 1. The summed E-state index contributed by atoms with van der Waals surface area (Å²) in [6, 6.07) is 6.67. The Morgan fingerprint density at radius 1 is 1.47 bits per heavy atom. The lowest BCUT2D eigenvalue weighted by molar-refractivity contribution is -0.114. The maximum atomic E-state index is 12.9. The molecule has 0 atom stereocenters. The highest BCUT2D eigenvalue weighted by molar-refractivity contribution is 5.88. The zero-order chi connectivity index (χ0) is 12.7. The van der Waals surface area contributed by atoms with Gasteiger partial charge in [-0.05, 0) is 30.3 Å². The van der Waals surface area contributed by atoms with Gasteiger partial charge in [0.15, 0.2) is 0 Å². The first kappa shape index (κ1) is 13.2. The zero-order valence-electron chi connectivity index (χ0n) is 9.57. The second-order valence-corrected chi connectivity index (χ2v) is 3.38.